The predicted molar refractivity (Wildman–Crippen MR) is 91.1 cm³/mol. The number of carbonyl (C=O) groups excluding carboxylic acids is 1. The van der Waals surface area contributed by atoms with Crippen LogP contribution in [0.2, 0.25) is 5.02 Å². The third-order valence-corrected chi connectivity index (χ3v) is 3.76. The smallest absolute Gasteiger partial charge is 0.251 e. The fourth-order valence-electron chi connectivity index (χ4n) is 2.22. The van der Waals surface area contributed by atoms with Crippen LogP contribution < -0.4 is 10.1 Å². The lowest BCUT2D eigenvalue weighted by atomic mass is 10.1. The molecule has 0 saturated carbocycles. The number of nitrogens with one attached hydrogen (secondary N) is 1. The van der Waals surface area contributed by atoms with Crippen LogP contribution in [0.1, 0.15) is 16.1 Å². The van der Waals surface area contributed by atoms with E-state index in [4.69, 9.17) is 20.9 Å². The second-order valence-electron chi connectivity index (χ2n) is 5.08. The van der Waals surface area contributed by atoms with Crippen LogP contribution in [0, 0.1) is 0 Å². The van der Waals surface area contributed by atoms with Gasteiger partial charge in [0.2, 0.25) is 0 Å². The number of hydrogen-bond donors (Lipinski definition) is 1. The van der Waals surface area contributed by atoms with Gasteiger partial charge in [-0.1, -0.05) is 47.1 Å². The molecular formula is C18H15ClN2O3. The first kappa shape index (κ1) is 16.1. The van der Waals surface area contributed by atoms with Gasteiger partial charge < -0.3 is 14.6 Å². The van der Waals surface area contributed by atoms with Gasteiger partial charge in [0.25, 0.3) is 5.91 Å². The van der Waals surface area contributed by atoms with E-state index in [1.807, 2.05) is 30.3 Å². The van der Waals surface area contributed by atoms with Crippen LogP contribution in [0.3, 0.4) is 0 Å². The molecule has 2 aromatic carbocycles. The van der Waals surface area contributed by atoms with Gasteiger partial charge in [0.1, 0.15) is 11.4 Å². The fraction of sp³-hybridized carbons (Fsp3) is 0.111. The lowest BCUT2D eigenvalue weighted by molar-refractivity contribution is 0.0947. The van der Waals surface area contributed by atoms with E-state index in [0.717, 1.165) is 11.3 Å². The number of benzene rings is 2. The lowest BCUT2D eigenvalue weighted by Gasteiger charge is -2.06. The van der Waals surface area contributed by atoms with Gasteiger partial charge >= 0.3 is 0 Å². The molecule has 24 heavy (non-hydrogen) atoms. The first-order valence-corrected chi connectivity index (χ1v) is 7.68. The van der Waals surface area contributed by atoms with Crippen LogP contribution in [0.25, 0.3) is 11.3 Å². The van der Waals surface area contributed by atoms with E-state index in [0.29, 0.717) is 22.1 Å². The van der Waals surface area contributed by atoms with Crippen LogP contribution in [-0.4, -0.2) is 18.2 Å². The van der Waals surface area contributed by atoms with Crippen LogP contribution in [-0.2, 0) is 6.54 Å². The van der Waals surface area contributed by atoms with Gasteiger partial charge in [0, 0.05) is 17.2 Å². The summed E-state index contributed by atoms with van der Waals surface area (Å²) in [6, 6.07) is 16.3. The highest BCUT2D eigenvalue weighted by atomic mass is 35.5. The molecule has 0 radical (unpaired) electrons. The van der Waals surface area contributed by atoms with E-state index in [-0.39, 0.29) is 12.5 Å². The van der Waals surface area contributed by atoms with Crippen molar-refractivity contribution in [2.75, 3.05) is 7.11 Å². The second kappa shape index (κ2) is 7.19. The molecule has 0 aliphatic carbocycles. The van der Waals surface area contributed by atoms with E-state index < -0.39 is 0 Å². The van der Waals surface area contributed by atoms with E-state index in [9.17, 15) is 4.79 Å². The third kappa shape index (κ3) is 3.58. The Kier molecular flexibility index (Phi) is 4.82. The highest BCUT2D eigenvalue weighted by Gasteiger charge is 2.11. The summed E-state index contributed by atoms with van der Waals surface area (Å²) >= 11 is 6.03. The quantitative estimate of drug-likeness (QED) is 0.763. The van der Waals surface area contributed by atoms with Crippen molar-refractivity contribution in [2.24, 2.45) is 0 Å². The number of nitrogens with zero attached hydrogens (tertiary/aromatic N) is 1. The molecule has 1 aromatic heterocycles. The van der Waals surface area contributed by atoms with Crippen LogP contribution in [0.5, 0.6) is 5.75 Å². The standard InChI is InChI=1S/C18H15ClN2O3/c1-23-17-8-7-13(9-15(17)19)18(22)20-11-14-10-16(21-24-14)12-5-3-2-4-6-12/h2-10H,11H2,1H3,(H,20,22). The summed E-state index contributed by atoms with van der Waals surface area (Å²) in [5, 5.41) is 7.17. The van der Waals surface area contributed by atoms with Crippen LogP contribution in [0.15, 0.2) is 59.1 Å². The first-order valence-electron chi connectivity index (χ1n) is 7.30. The van der Waals surface area contributed by atoms with Crippen molar-refractivity contribution in [3.05, 3.63) is 70.9 Å². The van der Waals surface area contributed by atoms with Crippen molar-refractivity contribution in [3.63, 3.8) is 0 Å². The van der Waals surface area contributed by atoms with Crippen molar-refractivity contribution < 1.29 is 14.1 Å². The molecule has 0 fully saturated rings. The Hall–Kier alpha value is -2.79. The number of ether oxygens (including phenoxy) is 1. The molecule has 122 valence electrons. The number of carbonyl (C=O) groups is 1. The summed E-state index contributed by atoms with van der Waals surface area (Å²) in [6.07, 6.45) is 0. The molecule has 3 aromatic rings. The Morgan fingerprint density at radius 3 is 2.71 bits per heavy atom. The molecule has 0 aliphatic heterocycles. The maximum atomic E-state index is 12.2. The van der Waals surface area contributed by atoms with Crippen LogP contribution >= 0.6 is 11.6 Å². The highest BCUT2D eigenvalue weighted by molar-refractivity contribution is 6.32. The number of hydrogen-bond acceptors (Lipinski definition) is 4. The maximum absolute atomic E-state index is 12.2. The van der Waals surface area contributed by atoms with E-state index >= 15 is 0 Å². The maximum Gasteiger partial charge on any atom is 0.251 e. The van der Waals surface area contributed by atoms with E-state index in [1.54, 1.807) is 24.3 Å². The Morgan fingerprint density at radius 1 is 1.21 bits per heavy atom. The highest BCUT2D eigenvalue weighted by Crippen LogP contribution is 2.25. The molecule has 3 rings (SSSR count). The van der Waals surface area contributed by atoms with Gasteiger partial charge in [-0.15, -0.1) is 0 Å². The van der Waals surface area contributed by atoms with Gasteiger partial charge in [-0.2, -0.15) is 0 Å². The molecule has 1 amide bonds. The van der Waals surface area contributed by atoms with Gasteiger partial charge in [0.05, 0.1) is 18.7 Å². The van der Waals surface area contributed by atoms with Crippen molar-refractivity contribution >= 4 is 17.5 Å². The van der Waals surface area contributed by atoms with E-state index in [2.05, 4.69) is 10.5 Å². The summed E-state index contributed by atoms with van der Waals surface area (Å²) in [6.45, 7) is 0.238. The molecule has 0 bridgehead atoms. The summed E-state index contributed by atoms with van der Waals surface area (Å²) in [7, 11) is 1.52. The molecular weight excluding hydrogens is 328 g/mol. The number of aromatic nitrogens is 1. The molecule has 0 spiro atoms. The molecule has 0 aliphatic rings. The summed E-state index contributed by atoms with van der Waals surface area (Å²) in [5.41, 5.74) is 2.14. The Morgan fingerprint density at radius 2 is 2.00 bits per heavy atom. The molecule has 6 heteroatoms. The topological polar surface area (TPSA) is 64.4 Å². The monoisotopic (exact) mass is 342 g/mol. The zero-order valence-corrected chi connectivity index (χ0v) is 13.7. The number of amides is 1. The zero-order valence-electron chi connectivity index (χ0n) is 13.0. The van der Waals surface area contributed by atoms with E-state index in [1.165, 1.54) is 7.11 Å². The average molecular weight is 343 g/mol. The molecule has 0 saturated heterocycles. The van der Waals surface area contributed by atoms with Gasteiger partial charge in [-0.05, 0) is 18.2 Å². The van der Waals surface area contributed by atoms with Crippen molar-refractivity contribution in [1.82, 2.24) is 10.5 Å². The van der Waals surface area contributed by atoms with Gasteiger partial charge in [-0.25, -0.2) is 0 Å². The molecule has 0 unspecified atom stereocenters. The van der Waals surface area contributed by atoms with Crippen molar-refractivity contribution in [3.8, 4) is 17.0 Å². The van der Waals surface area contributed by atoms with Crippen LogP contribution in [0.4, 0.5) is 0 Å². The minimum absolute atomic E-state index is 0.238. The average Bonchev–Trinajstić information content (AvgIpc) is 3.09. The number of rotatable bonds is 5. The summed E-state index contributed by atoms with van der Waals surface area (Å²) in [5.74, 6) is 0.843. The van der Waals surface area contributed by atoms with Gasteiger partial charge in [-0.3, -0.25) is 4.79 Å². The Labute approximate surface area is 144 Å². The lowest BCUT2D eigenvalue weighted by Crippen LogP contribution is -2.22. The zero-order chi connectivity index (χ0) is 16.9. The van der Waals surface area contributed by atoms with Crippen molar-refractivity contribution in [1.29, 1.82) is 0 Å². The number of methoxy groups -OCH3 is 1. The minimum Gasteiger partial charge on any atom is -0.495 e. The number of halogens is 1. The minimum atomic E-state index is -0.253. The third-order valence-electron chi connectivity index (χ3n) is 3.47. The second-order valence-corrected chi connectivity index (χ2v) is 5.48. The SMILES string of the molecule is COc1ccc(C(=O)NCc2cc(-c3ccccc3)no2)cc1Cl. The Balaban J connectivity index is 1.65. The fourth-order valence-corrected chi connectivity index (χ4v) is 2.48. The summed E-state index contributed by atoms with van der Waals surface area (Å²) < 4.78 is 10.3. The predicted octanol–water partition coefficient (Wildman–Crippen LogP) is 3.93. The van der Waals surface area contributed by atoms with Gasteiger partial charge in [0.15, 0.2) is 5.76 Å². The first-order chi connectivity index (χ1) is 11.7. The molecule has 1 N–H and O–H groups in total. The largest absolute Gasteiger partial charge is 0.495 e. The molecule has 0 atom stereocenters. The summed E-state index contributed by atoms with van der Waals surface area (Å²) in [4.78, 5) is 12.2. The molecule has 5 nitrogen and oxygen atoms in total. The van der Waals surface area contributed by atoms with Crippen molar-refractivity contribution in [2.45, 2.75) is 6.54 Å². The Bertz CT molecular complexity index is 846. The normalized spacial score (nSPS) is 10.4. The molecule has 1 heterocycles.